The van der Waals surface area contributed by atoms with Gasteiger partial charge in [0, 0.05) is 0 Å². The van der Waals surface area contributed by atoms with Crippen molar-refractivity contribution in [1.82, 2.24) is 6.15 Å². The second-order valence-corrected chi connectivity index (χ2v) is 15.7. The Morgan fingerprint density at radius 3 is 0.915 bits per heavy atom. The molecule has 0 aromatic rings. The van der Waals surface area contributed by atoms with Gasteiger partial charge in [0.05, 0.1) is 12.7 Å². The van der Waals surface area contributed by atoms with Gasteiger partial charge in [-0.1, -0.05) is 232 Å². The van der Waals surface area contributed by atoms with Crippen molar-refractivity contribution in [2.24, 2.45) is 5.92 Å². The summed E-state index contributed by atoms with van der Waals surface area (Å²) in [5.74, 6) is 0.387. The molecule has 0 aromatic carbocycles. The van der Waals surface area contributed by atoms with Crippen molar-refractivity contribution < 1.29 is 22.3 Å². The quantitative estimate of drug-likeness (QED) is 0.0436. The van der Waals surface area contributed by atoms with E-state index in [0.29, 0.717) is 12.3 Å². The Balaban J connectivity index is 0. The molecule has 7 heteroatoms. The fourth-order valence-corrected chi connectivity index (χ4v) is 7.29. The number of hydrogen-bond acceptors (Lipinski definition) is 5. The number of hydrogen-bond donors (Lipinski definition) is 3. The molecule has 0 aromatic heterocycles. The molecule has 0 rings (SSSR count). The van der Waals surface area contributed by atoms with E-state index in [1.54, 1.807) is 0 Å². The van der Waals surface area contributed by atoms with Crippen LogP contribution in [0.15, 0.2) is 0 Å². The van der Waals surface area contributed by atoms with E-state index >= 15 is 0 Å². The van der Waals surface area contributed by atoms with Crippen molar-refractivity contribution in [3.63, 3.8) is 0 Å². The molecule has 0 aliphatic heterocycles. The summed E-state index contributed by atoms with van der Waals surface area (Å²) in [6.07, 6.45) is 45.5. The van der Waals surface area contributed by atoms with E-state index in [4.69, 9.17) is 4.55 Å². The Labute approximate surface area is 295 Å². The Morgan fingerprint density at radius 1 is 0.447 bits per heavy atom. The average Bonchev–Trinajstić information content (AvgIpc) is 3.02. The molecule has 0 amide bonds. The van der Waals surface area contributed by atoms with Crippen LogP contribution in [0.5, 0.6) is 0 Å². The van der Waals surface area contributed by atoms with E-state index in [1.165, 1.54) is 205 Å². The molecule has 0 saturated heterocycles. The summed E-state index contributed by atoms with van der Waals surface area (Å²) in [6.45, 7) is 4.21. The molecule has 0 bridgehead atoms. The van der Waals surface area contributed by atoms with E-state index in [0.717, 1.165) is 12.8 Å². The predicted octanol–water partition coefficient (Wildman–Crippen LogP) is 13.6. The Bertz CT molecular complexity index is 654. The first kappa shape index (κ1) is 48.9. The zero-order valence-corrected chi connectivity index (χ0v) is 32.7. The van der Waals surface area contributed by atoms with Gasteiger partial charge < -0.3 is 11.3 Å². The summed E-state index contributed by atoms with van der Waals surface area (Å²) in [5.41, 5.74) is 0. The van der Waals surface area contributed by atoms with Gasteiger partial charge in [0.2, 0.25) is 0 Å². The van der Waals surface area contributed by atoms with Gasteiger partial charge in [-0.2, -0.15) is 8.42 Å². The molecule has 5 N–H and O–H groups in total. The van der Waals surface area contributed by atoms with Crippen molar-refractivity contribution >= 4 is 10.4 Å². The molecule has 1 atom stereocenters. The van der Waals surface area contributed by atoms with Gasteiger partial charge in [-0.05, 0) is 12.3 Å². The summed E-state index contributed by atoms with van der Waals surface area (Å²) in [4.78, 5) is 0. The maximum atomic E-state index is 10.9. The van der Waals surface area contributed by atoms with Crippen LogP contribution in [0.4, 0.5) is 0 Å². The van der Waals surface area contributed by atoms with Gasteiger partial charge in [-0.15, -0.1) is 0 Å². The average molecular weight is 692 g/mol. The lowest BCUT2D eigenvalue weighted by atomic mass is 9.89. The van der Waals surface area contributed by atoms with E-state index in [1.807, 2.05) is 0 Å². The Morgan fingerprint density at radius 2 is 0.681 bits per heavy atom. The normalized spacial score (nSPS) is 12.5. The topological polar surface area (TPSA) is 119 Å². The summed E-state index contributed by atoms with van der Waals surface area (Å²) < 4.78 is 35.1. The van der Waals surface area contributed by atoms with Crippen LogP contribution in [0.1, 0.15) is 239 Å². The predicted molar refractivity (Wildman–Crippen MR) is 205 cm³/mol. The van der Waals surface area contributed by atoms with Crippen LogP contribution in [0, 0.1) is 5.92 Å². The first-order valence-electron chi connectivity index (χ1n) is 20.7. The third-order valence-corrected chi connectivity index (χ3v) is 10.4. The smallest absolute Gasteiger partial charge is 0.391 e. The largest absolute Gasteiger partial charge is 0.397 e. The van der Waals surface area contributed by atoms with E-state index < -0.39 is 16.5 Å². The maximum absolute atomic E-state index is 10.9. The van der Waals surface area contributed by atoms with Crippen LogP contribution in [-0.2, 0) is 14.6 Å². The van der Waals surface area contributed by atoms with Crippen molar-refractivity contribution in [2.75, 3.05) is 6.61 Å². The highest BCUT2D eigenvalue weighted by Gasteiger charge is 2.17. The Kier molecular flexibility index (Phi) is 40.2. The molecule has 0 fully saturated rings. The Hall–Kier alpha value is -0.210. The van der Waals surface area contributed by atoms with Gasteiger partial charge in [0.1, 0.15) is 0 Å². The molecule has 286 valence electrons. The molecule has 0 radical (unpaired) electrons. The van der Waals surface area contributed by atoms with E-state index in [-0.39, 0.29) is 12.8 Å². The standard InChI is InChI=1S/C40H82O5S.H3N/c1-3-5-7-9-11-13-15-17-19-21-23-25-27-29-31-33-35-39(37-40(41)38-45-46(42,43)44)36-34-32-30-28-26-24-22-20-18-16-14-12-10-8-6-4-2;/h39-41H,3-38H2,1-2H3,(H,42,43,44);1H3. The van der Waals surface area contributed by atoms with Crippen LogP contribution in [0.2, 0.25) is 0 Å². The van der Waals surface area contributed by atoms with Crippen LogP contribution < -0.4 is 6.15 Å². The van der Waals surface area contributed by atoms with Crippen LogP contribution in [-0.4, -0.2) is 30.8 Å². The minimum absolute atomic E-state index is 0. The van der Waals surface area contributed by atoms with E-state index in [9.17, 15) is 13.5 Å². The molecule has 0 spiro atoms. The van der Waals surface area contributed by atoms with Gasteiger partial charge >= 0.3 is 10.4 Å². The monoisotopic (exact) mass is 692 g/mol. The molecular formula is C40H85NO5S. The maximum Gasteiger partial charge on any atom is 0.397 e. The summed E-state index contributed by atoms with van der Waals surface area (Å²) >= 11 is 0. The number of aliphatic hydroxyl groups excluding tert-OH is 1. The summed E-state index contributed by atoms with van der Waals surface area (Å²) in [7, 11) is -4.50. The lowest BCUT2D eigenvalue weighted by molar-refractivity contribution is 0.0777. The molecule has 0 aliphatic carbocycles. The van der Waals surface area contributed by atoms with Gasteiger partial charge in [-0.25, -0.2) is 4.18 Å². The molecule has 0 saturated carbocycles. The van der Waals surface area contributed by atoms with Crippen LogP contribution >= 0.6 is 0 Å². The highest BCUT2D eigenvalue weighted by atomic mass is 32.3. The summed E-state index contributed by atoms with van der Waals surface area (Å²) in [5, 5.41) is 10.4. The van der Waals surface area contributed by atoms with E-state index in [2.05, 4.69) is 18.0 Å². The molecular weight excluding hydrogens is 607 g/mol. The minimum Gasteiger partial charge on any atom is -0.391 e. The van der Waals surface area contributed by atoms with Gasteiger partial charge in [0.25, 0.3) is 0 Å². The lowest BCUT2D eigenvalue weighted by Crippen LogP contribution is -2.22. The van der Waals surface area contributed by atoms with Crippen LogP contribution in [0.3, 0.4) is 0 Å². The fourth-order valence-electron chi connectivity index (χ4n) is 6.96. The number of aliphatic hydroxyl groups is 1. The SMILES string of the molecule is CCCCCCCCCCCCCCCCCCC(CCCCCCCCCCCCCCCCCC)CC(O)COS(=O)(=O)O.N. The van der Waals surface area contributed by atoms with Crippen LogP contribution in [0.25, 0.3) is 0 Å². The van der Waals surface area contributed by atoms with Crippen molar-refractivity contribution in [1.29, 1.82) is 0 Å². The van der Waals surface area contributed by atoms with Gasteiger partial charge in [-0.3, -0.25) is 4.55 Å². The van der Waals surface area contributed by atoms with Crippen molar-refractivity contribution in [3.8, 4) is 0 Å². The highest BCUT2D eigenvalue weighted by Crippen LogP contribution is 2.24. The molecule has 6 nitrogen and oxygen atoms in total. The molecule has 0 aliphatic rings. The third-order valence-electron chi connectivity index (χ3n) is 9.95. The zero-order chi connectivity index (χ0) is 33.8. The number of rotatable bonds is 39. The van der Waals surface area contributed by atoms with Crippen molar-refractivity contribution in [3.05, 3.63) is 0 Å². The highest BCUT2D eigenvalue weighted by molar-refractivity contribution is 7.80. The molecule has 47 heavy (non-hydrogen) atoms. The first-order valence-corrected chi connectivity index (χ1v) is 22.1. The zero-order valence-electron chi connectivity index (χ0n) is 31.8. The molecule has 0 heterocycles. The first-order chi connectivity index (χ1) is 22.4. The molecule has 1 unspecified atom stereocenters. The second kappa shape index (κ2) is 38.6. The third kappa shape index (κ3) is 41.9. The number of unbranched alkanes of at least 4 members (excludes halogenated alkanes) is 30. The lowest BCUT2D eigenvalue weighted by Gasteiger charge is -2.20. The second-order valence-electron chi connectivity index (χ2n) is 14.7. The van der Waals surface area contributed by atoms with Gasteiger partial charge in [0.15, 0.2) is 0 Å². The van der Waals surface area contributed by atoms with Crippen molar-refractivity contribution in [2.45, 2.75) is 245 Å². The minimum atomic E-state index is -4.50. The summed E-state index contributed by atoms with van der Waals surface area (Å²) in [6, 6.07) is 0. The fraction of sp³-hybridized carbons (Fsp3) is 1.00.